The lowest BCUT2D eigenvalue weighted by molar-refractivity contribution is -0.138. The molecule has 0 heterocycles. The van der Waals surface area contributed by atoms with Crippen LogP contribution in [0, 0.1) is 0 Å². The average Bonchev–Trinajstić information content (AvgIpc) is 1.96. The van der Waals surface area contributed by atoms with Gasteiger partial charge in [0.05, 0.1) is 6.61 Å². The zero-order chi connectivity index (χ0) is 10.5. The predicted octanol–water partition coefficient (Wildman–Crippen LogP) is 2.87. The molecule has 13 heavy (non-hydrogen) atoms. The molecule has 0 aromatic carbocycles. The van der Waals surface area contributed by atoms with E-state index in [2.05, 4.69) is 0 Å². The number of hydrogen-bond donors (Lipinski definition) is 0. The zero-order valence-electron chi connectivity index (χ0n) is 8.69. The summed E-state index contributed by atoms with van der Waals surface area (Å²) in [6.45, 7) is 8.12. The minimum Gasteiger partial charge on any atom is -0.462 e. The highest BCUT2D eigenvalue weighted by Crippen LogP contribution is 2.12. The molecule has 0 N–H and O–H groups in total. The topological polar surface area (TPSA) is 26.3 Å². The molecule has 0 bridgehead atoms. The summed E-state index contributed by atoms with van der Waals surface area (Å²) in [5.41, 5.74) is 2.46. The molecule has 0 rings (SSSR count). The van der Waals surface area contributed by atoms with Crippen LogP contribution in [0.25, 0.3) is 0 Å². The molecule has 0 unspecified atom stereocenters. The zero-order valence-corrected chi connectivity index (χ0v) is 10.4. The molecule has 0 saturated heterocycles. The Hall–Kier alpha value is -0.283. The van der Waals surface area contributed by atoms with Gasteiger partial charge in [0.2, 0.25) is 0 Å². The van der Waals surface area contributed by atoms with Crippen LogP contribution in [-0.2, 0) is 9.53 Å². The van der Waals surface area contributed by atoms with Crippen LogP contribution < -0.4 is 0 Å². The van der Waals surface area contributed by atoms with Crippen LogP contribution in [0.5, 0.6) is 0 Å². The van der Waals surface area contributed by atoms with E-state index < -0.39 is 7.38 Å². The smallest absolute Gasteiger partial charge is 0.333 e. The molecule has 0 amide bonds. The highest BCUT2D eigenvalue weighted by Gasteiger charge is 2.16. The normalized spacial score (nSPS) is 12.8. The van der Waals surface area contributed by atoms with Crippen molar-refractivity contribution >= 4 is 24.4 Å². The van der Waals surface area contributed by atoms with Gasteiger partial charge in [-0.05, 0) is 13.3 Å². The molecular weight excluding hydrogens is 204 g/mol. The Morgan fingerprint density at radius 1 is 1.54 bits per heavy atom. The third kappa shape index (κ3) is 6.84. The minimum atomic E-state index is -1.81. The summed E-state index contributed by atoms with van der Waals surface area (Å²) >= 11 is 6.06. The van der Waals surface area contributed by atoms with Crippen molar-refractivity contribution in [1.82, 2.24) is 0 Å². The first-order valence-corrected chi connectivity index (χ1v) is 8.51. The van der Waals surface area contributed by atoms with Crippen LogP contribution >= 0.6 is 11.1 Å². The summed E-state index contributed by atoms with van der Waals surface area (Å²) in [4.78, 5) is 11.3. The number of hydrogen-bond acceptors (Lipinski definition) is 2. The van der Waals surface area contributed by atoms with E-state index in [-0.39, 0.29) is 5.97 Å². The van der Waals surface area contributed by atoms with Gasteiger partial charge in [0.15, 0.2) is 7.38 Å². The van der Waals surface area contributed by atoms with Gasteiger partial charge >= 0.3 is 5.97 Å². The van der Waals surface area contributed by atoms with Crippen molar-refractivity contribution in [2.75, 3.05) is 6.61 Å². The fraction of sp³-hybridized carbons (Fsp3) is 0.667. The fourth-order valence-corrected chi connectivity index (χ4v) is 2.52. The molecule has 0 fully saturated rings. The first-order chi connectivity index (χ1) is 5.87. The summed E-state index contributed by atoms with van der Waals surface area (Å²) in [6.07, 6.45) is 0.848. The average molecular weight is 221 g/mol. The second-order valence-electron chi connectivity index (χ2n) is 3.53. The van der Waals surface area contributed by atoms with Crippen LogP contribution in [-0.4, -0.2) is 20.0 Å². The van der Waals surface area contributed by atoms with Crippen molar-refractivity contribution in [3.05, 3.63) is 11.3 Å². The Labute approximate surface area is 85.6 Å². The number of ether oxygens (including phenoxy) is 1. The van der Waals surface area contributed by atoms with E-state index in [0.29, 0.717) is 12.2 Å². The largest absolute Gasteiger partial charge is 0.462 e. The van der Waals surface area contributed by atoms with Gasteiger partial charge in [-0.15, -0.1) is 0 Å². The van der Waals surface area contributed by atoms with E-state index in [0.717, 1.165) is 6.42 Å². The van der Waals surface area contributed by atoms with E-state index in [1.807, 2.05) is 25.7 Å². The highest BCUT2D eigenvalue weighted by atomic mass is 35.6. The molecule has 0 atom stereocenters. The second kappa shape index (κ2) is 5.45. The van der Waals surface area contributed by atoms with Gasteiger partial charge in [-0.2, -0.15) is 11.1 Å². The lowest BCUT2D eigenvalue weighted by Gasteiger charge is -2.08. The minimum absolute atomic E-state index is 0.247. The van der Waals surface area contributed by atoms with Crippen molar-refractivity contribution in [1.29, 1.82) is 0 Å². The van der Waals surface area contributed by atoms with E-state index in [4.69, 9.17) is 15.8 Å². The van der Waals surface area contributed by atoms with Gasteiger partial charge < -0.3 is 4.74 Å². The summed E-state index contributed by atoms with van der Waals surface area (Å²) in [5.74, 6) is -0.247. The monoisotopic (exact) mass is 220 g/mol. The molecule has 0 aromatic rings. The summed E-state index contributed by atoms with van der Waals surface area (Å²) in [7, 11) is -1.81. The fourth-order valence-electron chi connectivity index (χ4n) is 0.882. The molecule has 0 saturated carbocycles. The maximum Gasteiger partial charge on any atom is 0.333 e. The maximum absolute atomic E-state index is 11.3. The molecule has 0 aliphatic heterocycles. The number of carbonyl (C=O) groups excluding carboxylic acids is 1. The van der Waals surface area contributed by atoms with E-state index in [1.165, 1.54) is 0 Å². The van der Waals surface area contributed by atoms with E-state index in [1.54, 1.807) is 6.92 Å². The van der Waals surface area contributed by atoms with Crippen molar-refractivity contribution in [3.8, 4) is 0 Å². The first kappa shape index (κ1) is 12.7. The van der Waals surface area contributed by atoms with Crippen LogP contribution in [0.15, 0.2) is 11.3 Å². The Balaban J connectivity index is 4.17. The van der Waals surface area contributed by atoms with Crippen LogP contribution in [0.3, 0.4) is 0 Å². The second-order valence-corrected chi connectivity index (χ2v) is 9.87. The molecule has 0 aliphatic carbocycles. The Kier molecular flexibility index (Phi) is 5.33. The quantitative estimate of drug-likeness (QED) is 0.315. The Bertz CT molecular complexity index is 206. The summed E-state index contributed by atoms with van der Waals surface area (Å²) in [6, 6.07) is 0. The van der Waals surface area contributed by atoms with Gasteiger partial charge in [0, 0.05) is 5.57 Å². The standard InChI is InChI=1S/C9H17ClO2Si/c1-5-6-12-9(11)8(2)7-13(3,4)10/h7H,5-6H2,1-4H3/b8-7+. The molecule has 0 spiro atoms. The number of rotatable bonds is 4. The molecule has 2 nitrogen and oxygen atoms in total. The highest BCUT2D eigenvalue weighted by molar-refractivity contribution is 7.22. The summed E-state index contributed by atoms with van der Waals surface area (Å²) < 4.78 is 4.96. The maximum atomic E-state index is 11.3. The SMILES string of the molecule is CCCOC(=O)/C(C)=C/[Si](C)(C)Cl. The molecular formula is C9H17ClO2Si. The molecule has 0 aromatic heterocycles. The van der Waals surface area contributed by atoms with Gasteiger partial charge in [-0.25, -0.2) is 4.79 Å². The molecule has 4 heteroatoms. The Morgan fingerprint density at radius 2 is 2.08 bits per heavy atom. The molecule has 0 radical (unpaired) electrons. The van der Waals surface area contributed by atoms with Crippen LogP contribution in [0.2, 0.25) is 13.1 Å². The van der Waals surface area contributed by atoms with E-state index >= 15 is 0 Å². The lowest BCUT2D eigenvalue weighted by Crippen LogP contribution is -2.16. The summed E-state index contributed by atoms with van der Waals surface area (Å²) in [5, 5.41) is 0. The van der Waals surface area contributed by atoms with Crippen molar-refractivity contribution < 1.29 is 9.53 Å². The first-order valence-electron chi connectivity index (χ1n) is 4.42. The Morgan fingerprint density at radius 3 is 2.46 bits per heavy atom. The third-order valence-electron chi connectivity index (χ3n) is 1.32. The third-order valence-corrected chi connectivity index (χ3v) is 2.77. The molecule has 76 valence electrons. The lowest BCUT2D eigenvalue weighted by atomic mass is 10.4. The van der Waals surface area contributed by atoms with Crippen molar-refractivity contribution in [3.63, 3.8) is 0 Å². The molecule has 0 aliphatic rings. The van der Waals surface area contributed by atoms with Gasteiger partial charge in [0.25, 0.3) is 0 Å². The van der Waals surface area contributed by atoms with Crippen LogP contribution in [0.1, 0.15) is 20.3 Å². The number of esters is 1. The van der Waals surface area contributed by atoms with Gasteiger partial charge in [0.1, 0.15) is 0 Å². The predicted molar refractivity (Wildman–Crippen MR) is 58.3 cm³/mol. The van der Waals surface area contributed by atoms with Gasteiger partial charge in [-0.3, -0.25) is 0 Å². The van der Waals surface area contributed by atoms with Crippen LogP contribution in [0.4, 0.5) is 0 Å². The van der Waals surface area contributed by atoms with Crippen molar-refractivity contribution in [2.45, 2.75) is 33.4 Å². The van der Waals surface area contributed by atoms with E-state index in [9.17, 15) is 4.79 Å². The van der Waals surface area contributed by atoms with Crippen molar-refractivity contribution in [2.24, 2.45) is 0 Å². The number of carbonyl (C=O) groups is 1. The number of halogens is 1. The van der Waals surface area contributed by atoms with Gasteiger partial charge in [-0.1, -0.05) is 25.7 Å².